The van der Waals surface area contributed by atoms with Crippen molar-refractivity contribution in [2.75, 3.05) is 7.05 Å². The molecule has 0 fully saturated rings. The Balaban J connectivity index is 1.82. The first-order chi connectivity index (χ1) is 17.2. The fourth-order valence-electron chi connectivity index (χ4n) is 4.07. The average Bonchev–Trinajstić information content (AvgIpc) is 3.56. The summed E-state index contributed by atoms with van der Waals surface area (Å²) < 4.78 is 5.29. The number of ketones is 1. The van der Waals surface area contributed by atoms with Crippen molar-refractivity contribution in [2.24, 2.45) is 17.8 Å². The van der Waals surface area contributed by atoms with Gasteiger partial charge in [-0.25, -0.2) is 4.79 Å². The lowest BCUT2D eigenvalue weighted by Gasteiger charge is -2.25. The number of ether oxygens (including phenoxy) is 1. The molecule has 1 N–H and O–H groups in total. The van der Waals surface area contributed by atoms with Crippen LogP contribution in [0.3, 0.4) is 0 Å². The summed E-state index contributed by atoms with van der Waals surface area (Å²) in [5.74, 6) is 0.149. The van der Waals surface area contributed by atoms with Gasteiger partial charge in [0.05, 0.1) is 22.4 Å². The highest BCUT2D eigenvalue weighted by Gasteiger charge is 2.28. The molecule has 2 amide bonds. The summed E-state index contributed by atoms with van der Waals surface area (Å²) in [5.41, 5.74) is 3.46. The number of carbonyl (C=O) groups is 3. The van der Waals surface area contributed by atoms with E-state index in [4.69, 9.17) is 4.74 Å². The Bertz CT molecular complexity index is 919. The molecule has 2 aromatic rings. The Morgan fingerprint density at radius 2 is 1.67 bits per heavy atom. The summed E-state index contributed by atoms with van der Waals surface area (Å²) in [6.45, 7) is 8.87. The zero-order valence-corrected chi connectivity index (χ0v) is 23.7. The number of nitrogens with zero attached hydrogens (tertiary/aromatic N) is 3. The number of nitrogens with one attached hydrogen (secondary N) is 1. The van der Waals surface area contributed by atoms with Gasteiger partial charge in [0.25, 0.3) is 0 Å². The van der Waals surface area contributed by atoms with Crippen LogP contribution in [-0.4, -0.2) is 45.7 Å². The van der Waals surface area contributed by atoms with Crippen molar-refractivity contribution < 1.29 is 19.1 Å². The van der Waals surface area contributed by atoms with Crippen LogP contribution < -0.4 is 5.32 Å². The predicted molar refractivity (Wildman–Crippen MR) is 144 cm³/mol. The number of carbonyl (C=O) groups excluding carboxylic acids is 3. The maximum atomic E-state index is 13.2. The van der Waals surface area contributed by atoms with Crippen molar-refractivity contribution in [1.82, 2.24) is 20.2 Å². The van der Waals surface area contributed by atoms with E-state index in [0.29, 0.717) is 13.0 Å². The highest BCUT2D eigenvalue weighted by molar-refractivity contribution is 7.09. The van der Waals surface area contributed by atoms with Gasteiger partial charge in [0.15, 0.2) is 0 Å². The lowest BCUT2D eigenvalue weighted by molar-refractivity contribution is -0.136. The molecule has 2 aromatic heterocycles. The fraction of sp³-hybridized carbons (Fsp3) is 0.654. The van der Waals surface area contributed by atoms with E-state index < -0.39 is 6.09 Å². The Hall–Kier alpha value is -2.33. The second kappa shape index (κ2) is 15.7. The minimum atomic E-state index is -0.430. The lowest BCUT2D eigenvalue weighted by Crippen LogP contribution is -2.35. The van der Waals surface area contributed by atoms with E-state index in [1.165, 1.54) is 22.7 Å². The highest BCUT2D eigenvalue weighted by Crippen LogP contribution is 2.26. The van der Waals surface area contributed by atoms with Crippen molar-refractivity contribution in [3.05, 3.63) is 33.2 Å². The van der Waals surface area contributed by atoms with Gasteiger partial charge in [0.2, 0.25) is 5.91 Å². The van der Waals surface area contributed by atoms with Crippen LogP contribution in [0.15, 0.2) is 23.4 Å². The number of amides is 2. The first-order valence-corrected chi connectivity index (χ1v) is 14.4. The van der Waals surface area contributed by atoms with Gasteiger partial charge in [0.1, 0.15) is 12.4 Å². The maximum absolute atomic E-state index is 13.2. The first kappa shape index (κ1) is 29.9. The number of aromatic nitrogens is 2. The quantitative estimate of drug-likeness (QED) is 0.296. The van der Waals surface area contributed by atoms with Gasteiger partial charge in [-0.15, -0.1) is 22.7 Å². The summed E-state index contributed by atoms with van der Waals surface area (Å²) in [5, 5.41) is 2.94. The van der Waals surface area contributed by atoms with Crippen LogP contribution in [0.1, 0.15) is 76.0 Å². The Kier molecular flexibility index (Phi) is 13.0. The summed E-state index contributed by atoms with van der Waals surface area (Å²) in [4.78, 5) is 49.9. The molecular formula is C26H40N4O4S2. The van der Waals surface area contributed by atoms with Crippen LogP contribution in [0.25, 0.3) is 0 Å². The Morgan fingerprint density at radius 1 is 1.00 bits per heavy atom. The van der Waals surface area contributed by atoms with Crippen LogP contribution in [-0.2, 0) is 27.5 Å². The molecule has 0 aromatic carbocycles. The molecule has 36 heavy (non-hydrogen) atoms. The van der Waals surface area contributed by atoms with Gasteiger partial charge < -0.3 is 15.0 Å². The molecule has 0 unspecified atom stereocenters. The number of hydrogen-bond donors (Lipinski definition) is 1. The molecule has 200 valence electrons. The van der Waals surface area contributed by atoms with E-state index in [2.05, 4.69) is 22.2 Å². The molecule has 0 aliphatic heterocycles. The van der Waals surface area contributed by atoms with Crippen molar-refractivity contribution in [1.29, 1.82) is 0 Å². The second-order valence-electron chi connectivity index (χ2n) is 9.59. The minimum Gasteiger partial charge on any atom is -0.444 e. The van der Waals surface area contributed by atoms with Crippen molar-refractivity contribution >= 4 is 40.5 Å². The van der Waals surface area contributed by atoms with Crippen LogP contribution in [0, 0.1) is 17.8 Å². The summed E-state index contributed by atoms with van der Waals surface area (Å²) in [6, 6.07) is -0.00835. The van der Waals surface area contributed by atoms with Gasteiger partial charge in [-0.3, -0.25) is 19.6 Å². The fourth-order valence-corrected chi connectivity index (χ4v) is 5.22. The third-order valence-corrected chi connectivity index (χ3v) is 8.07. The van der Waals surface area contributed by atoms with Crippen LogP contribution in [0.2, 0.25) is 0 Å². The number of rotatable bonds is 16. The molecule has 10 heteroatoms. The number of Topliss-reactive ketones (excluding diaryl/α,β-unsaturated/α-hetero) is 1. The normalized spacial score (nSPS) is 13.7. The smallest absolute Gasteiger partial charge is 0.407 e. The van der Waals surface area contributed by atoms with Gasteiger partial charge in [-0.2, -0.15) is 0 Å². The molecule has 0 radical (unpaired) electrons. The largest absolute Gasteiger partial charge is 0.444 e. The molecule has 0 saturated heterocycles. The van der Waals surface area contributed by atoms with E-state index in [1.54, 1.807) is 35.4 Å². The van der Waals surface area contributed by atoms with Crippen LogP contribution in [0.5, 0.6) is 0 Å². The molecule has 0 saturated carbocycles. The second-order valence-corrected chi connectivity index (χ2v) is 11.5. The summed E-state index contributed by atoms with van der Waals surface area (Å²) in [7, 11) is 1.78. The molecular weight excluding hydrogens is 496 g/mol. The van der Waals surface area contributed by atoms with E-state index in [0.717, 1.165) is 35.4 Å². The predicted octanol–water partition coefficient (Wildman–Crippen LogP) is 5.69. The average molecular weight is 537 g/mol. The van der Waals surface area contributed by atoms with E-state index in [9.17, 15) is 14.4 Å². The van der Waals surface area contributed by atoms with Gasteiger partial charge in [-0.1, -0.05) is 34.1 Å². The summed E-state index contributed by atoms with van der Waals surface area (Å²) in [6.07, 6.45) is 6.99. The third kappa shape index (κ3) is 10.3. The number of hydrogen-bond acceptors (Lipinski definition) is 8. The highest BCUT2D eigenvalue weighted by atomic mass is 32.1. The van der Waals surface area contributed by atoms with Gasteiger partial charge in [0, 0.05) is 49.1 Å². The molecule has 3 atom stereocenters. The number of thiazole rings is 2. The Morgan fingerprint density at radius 3 is 2.22 bits per heavy atom. The SMILES string of the molecule is CC[C@@H](CC[C@H](CC)NC(=O)OCc1cncs1)CC(=O)[C@@H](CC(=O)N(C)Cc1cncs1)C(C)C. The zero-order valence-electron chi connectivity index (χ0n) is 22.1. The molecule has 8 nitrogen and oxygen atoms in total. The van der Waals surface area contributed by atoms with Crippen molar-refractivity contribution in [3.8, 4) is 0 Å². The third-order valence-electron chi connectivity index (χ3n) is 6.55. The monoisotopic (exact) mass is 536 g/mol. The molecule has 2 heterocycles. The molecule has 0 aliphatic carbocycles. The van der Waals surface area contributed by atoms with Gasteiger partial charge in [-0.05, 0) is 31.1 Å². The minimum absolute atomic E-state index is 0.00835. The van der Waals surface area contributed by atoms with Gasteiger partial charge >= 0.3 is 6.09 Å². The topological polar surface area (TPSA) is 101 Å². The Labute approximate surface area is 222 Å². The summed E-state index contributed by atoms with van der Waals surface area (Å²) >= 11 is 2.97. The first-order valence-electron chi connectivity index (χ1n) is 12.7. The van der Waals surface area contributed by atoms with Crippen LogP contribution in [0.4, 0.5) is 4.79 Å². The van der Waals surface area contributed by atoms with E-state index >= 15 is 0 Å². The van der Waals surface area contributed by atoms with Crippen molar-refractivity contribution in [2.45, 2.75) is 85.4 Å². The van der Waals surface area contributed by atoms with E-state index in [-0.39, 0.29) is 48.5 Å². The molecule has 0 aliphatic rings. The number of alkyl carbamates (subject to hydrolysis) is 1. The maximum Gasteiger partial charge on any atom is 0.407 e. The van der Waals surface area contributed by atoms with Crippen molar-refractivity contribution in [3.63, 3.8) is 0 Å². The molecule has 0 bridgehead atoms. The molecule has 2 rings (SSSR count). The van der Waals surface area contributed by atoms with E-state index in [1.807, 2.05) is 20.8 Å². The standard InChI is InChI=1S/C26H40N4O4S2/c1-6-19(8-9-20(7-2)29-26(33)34-15-22-13-28-17-36-22)10-24(31)23(18(3)4)11-25(32)30(5)14-21-12-27-16-35-21/h12-13,16-20,23H,6-11,14-15H2,1-5H3,(H,29,33)/t19-,20-,23-/m0/s1. The zero-order chi connectivity index (χ0) is 26.5. The molecule has 0 spiro atoms. The lowest BCUT2D eigenvalue weighted by atomic mass is 9.82. The van der Waals surface area contributed by atoms with Crippen LogP contribution >= 0.6 is 22.7 Å².